The van der Waals surface area contributed by atoms with Gasteiger partial charge in [0.1, 0.15) is 23.4 Å². The maximum absolute atomic E-state index is 13.4. The molecule has 10 nitrogen and oxygen atoms in total. The molecule has 0 aliphatic carbocycles. The predicted molar refractivity (Wildman–Crippen MR) is 161 cm³/mol. The minimum Gasteiger partial charge on any atom is -0.453 e. The van der Waals surface area contributed by atoms with Gasteiger partial charge < -0.3 is 30.2 Å². The summed E-state index contributed by atoms with van der Waals surface area (Å²) >= 11 is 0. The minimum atomic E-state index is -0.665. The van der Waals surface area contributed by atoms with Crippen molar-refractivity contribution in [3.8, 4) is 34.9 Å². The fourth-order valence-electron chi connectivity index (χ4n) is 5.28. The van der Waals surface area contributed by atoms with Crippen molar-refractivity contribution < 1.29 is 14.3 Å². The zero-order valence-electron chi connectivity index (χ0n) is 24.0. The maximum Gasteiger partial charge on any atom is 0.407 e. The number of amides is 2. The van der Waals surface area contributed by atoms with Gasteiger partial charge in [-0.25, -0.2) is 14.8 Å². The highest BCUT2D eigenvalue weighted by molar-refractivity contribution is 5.86. The van der Waals surface area contributed by atoms with Gasteiger partial charge in [0, 0.05) is 12.1 Å². The van der Waals surface area contributed by atoms with Crippen molar-refractivity contribution in [2.45, 2.75) is 57.7 Å². The number of halogens is 1. The molecule has 42 heavy (non-hydrogen) atoms. The number of H-pyrrole nitrogens is 2. The van der Waals surface area contributed by atoms with Gasteiger partial charge in [0.25, 0.3) is 0 Å². The van der Waals surface area contributed by atoms with Gasteiger partial charge in [-0.2, -0.15) is 0 Å². The van der Waals surface area contributed by atoms with Crippen molar-refractivity contribution in [2.75, 3.05) is 20.2 Å². The number of nitrogens with zero attached hydrogens (tertiary/aromatic N) is 3. The van der Waals surface area contributed by atoms with E-state index in [4.69, 9.17) is 4.74 Å². The van der Waals surface area contributed by atoms with Crippen LogP contribution in [0.25, 0.3) is 11.3 Å². The van der Waals surface area contributed by atoms with E-state index in [0.717, 1.165) is 66.4 Å². The molecule has 4 N–H and O–H groups in total. The van der Waals surface area contributed by atoms with Crippen LogP contribution in [-0.2, 0) is 9.53 Å². The van der Waals surface area contributed by atoms with Crippen LogP contribution in [0.4, 0.5) is 4.79 Å². The van der Waals surface area contributed by atoms with E-state index in [2.05, 4.69) is 54.3 Å². The van der Waals surface area contributed by atoms with E-state index in [-0.39, 0.29) is 36.3 Å². The molecule has 0 bridgehead atoms. The number of methoxy groups -OCH3 is 1. The second kappa shape index (κ2) is 14.1. The largest absolute Gasteiger partial charge is 0.453 e. The first-order valence-corrected chi connectivity index (χ1v) is 14.0. The number of aromatic amines is 2. The smallest absolute Gasteiger partial charge is 0.407 e. The standard InChI is InChI=1S/C31H35N7O3.ClH/c1-20(2)27(37-31(40)41-3)30(39)38-17-7-11-26(38)29-34-19-25(36-29)22-14-12-21(13-15-22)8-4-5-9-23-18-33-28(35-23)24-10-6-16-32-24;/h12-15,18-20,24,26-27,32H,6-7,10-11,16-17H2,1-3H3,(H,33,35)(H,34,36)(H,37,40);1H/t24?,26?,27-;/m0./s1. The van der Waals surface area contributed by atoms with Crippen molar-refractivity contribution in [1.29, 1.82) is 0 Å². The summed E-state index contributed by atoms with van der Waals surface area (Å²) in [6, 6.07) is 7.30. The Hall–Kier alpha value is -4.25. The van der Waals surface area contributed by atoms with Crippen LogP contribution in [0.15, 0.2) is 36.7 Å². The Morgan fingerprint density at radius 2 is 1.79 bits per heavy atom. The Bertz CT molecular complexity index is 1500. The quantitative estimate of drug-likeness (QED) is 0.321. The lowest BCUT2D eigenvalue weighted by atomic mass is 10.0. The Morgan fingerprint density at radius 3 is 2.50 bits per heavy atom. The van der Waals surface area contributed by atoms with E-state index >= 15 is 0 Å². The summed E-state index contributed by atoms with van der Waals surface area (Å²) in [5.74, 6) is 13.4. The third-order valence-corrected chi connectivity index (χ3v) is 7.49. The number of carbonyl (C=O) groups is 2. The number of likely N-dealkylation sites (tertiary alicyclic amines) is 1. The molecule has 2 amide bonds. The van der Waals surface area contributed by atoms with Crippen molar-refractivity contribution >= 4 is 24.4 Å². The fraction of sp³-hybridized carbons (Fsp3) is 0.419. The van der Waals surface area contributed by atoms with Crippen molar-refractivity contribution in [3.05, 3.63) is 59.6 Å². The van der Waals surface area contributed by atoms with Crippen molar-refractivity contribution in [3.63, 3.8) is 0 Å². The van der Waals surface area contributed by atoms with E-state index in [1.165, 1.54) is 7.11 Å². The van der Waals surface area contributed by atoms with Gasteiger partial charge in [-0.3, -0.25) is 4.79 Å². The number of rotatable bonds is 6. The van der Waals surface area contributed by atoms with Crippen molar-refractivity contribution in [2.24, 2.45) is 5.92 Å². The van der Waals surface area contributed by atoms with Gasteiger partial charge in [-0.1, -0.05) is 31.9 Å². The Balaban J connectivity index is 0.00000405. The molecule has 0 radical (unpaired) electrons. The molecular formula is C31H36ClN7O3. The van der Waals surface area contributed by atoms with E-state index in [1.54, 1.807) is 17.3 Å². The number of imidazole rings is 2. The highest BCUT2D eigenvalue weighted by Gasteiger charge is 2.37. The molecule has 0 saturated carbocycles. The molecule has 4 heterocycles. The molecule has 2 aromatic heterocycles. The molecule has 2 unspecified atom stereocenters. The first-order chi connectivity index (χ1) is 19.9. The van der Waals surface area contributed by atoms with Crippen LogP contribution >= 0.6 is 12.4 Å². The molecule has 0 spiro atoms. The number of hydrogen-bond donors (Lipinski definition) is 4. The van der Waals surface area contributed by atoms with Crippen LogP contribution in [0, 0.1) is 29.6 Å². The van der Waals surface area contributed by atoms with E-state index in [9.17, 15) is 9.59 Å². The molecule has 220 valence electrons. The highest BCUT2D eigenvalue weighted by Crippen LogP contribution is 2.32. The molecule has 2 saturated heterocycles. The maximum atomic E-state index is 13.4. The van der Waals surface area contributed by atoms with Gasteiger partial charge in [0.05, 0.1) is 37.3 Å². The Kier molecular flexibility index (Phi) is 10.3. The topological polar surface area (TPSA) is 128 Å². The number of benzene rings is 1. The average molecular weight is 590 g/mol. The second-order valence-corrected chi connectivity index (χ2v) is 10.6. The van der Waals surface area contributed by atoms with Gasteiger partial charge in [0.15, 0.2) is 0 Å². The average Bonchev–Trinajstić information content (AvgIpc) is 3.80. The summed E-state index contributed by atoms with van der Waals surface area (Å²) in [6.45, 7) is 5.44. The van der Waals surface area contributed by atoms with Crippen LogP contribution in [0.2, 0.25) is 0 Å². The minimum absolute atomic E-state index is 0. The number of nitrogens with one attached hydrogen (secondary N) is 4. The number of hydrogen-bond acceptors (Lipinski definition) is 6. The van der Waals surface area contributed by atoms with Gasteiger partial charge in [-0.15, -0.1) is 12.4 Å². The van der Waals surface area contributed by atoms with Crippen LogP contribution < -0.4 is 10.6 Å². The zero-order chi connectivity index (χ0) is 28.8. The molecule has 3 aromatic rings. The van der Waals surface area contributed by atoms with E-state index in [1.807, 2.05) is 38.1 Å². The molecule has 3 atom stereocenters. The Morgan fingerprint density at radius 1 is 1.02 bits per heavy atom. The lowest BCUT2D eigenvalue weighted by Gasteiger charge is -2.30. The number of alkyl carbamates (subject to hydrolysis) is 1. The lowest BCUT2D eigenvalue weighted by Crippen LogP contribution is -2.51. The van der Waals surface area contributed by atoms with Gasteiger partial charge >= 0.3 is 6.09 Å². The Labute approximate surface area is 252 Å². The predicted octanol–water partition coefficient (Wildman–Crippen LogP) is 4.09. The first-order valence-electron chi connectivity index (χ1n) is 14.0. The van der Waals surface area contributed by atoms with Crippen molar-refractivity contribution in [1.82, 2.24) is 35.5 Å². The zero-order valence-corrected chi connectivity index (χ0v) is 24.8. The van der Waals surface area contributed by atoms with Gasteiger partial charge in [-0.05, 0) is 73.6 Å². The van der Waals surface area contributed by atoms with E-state index in [0.29, 0.717) is 6.54 Å². The fourth-order valence-corrected chi connectivity index (χ4v) is 5.28. The first kappa shape index (κ1) is 30.7. The van der Waals surface area contributed by atoms with E-state index < -0.39 is 12.1 Å². The number of aromatic nitrogens is 4. The summed E-state index contributed by atoms with van der Waals surface area (Å²) in [4.78, 5) is 42.7. The van der Waals surface area contributed by atoms with Crippen LogP contribution in [0.5, 0.6) is 0 Å². The molecule has 2 fully saturated rings. The normalized spacial score (nSPS) is 18.3. The number of ether oxygens (including phenoxy) is 1. The summed E-state index contributed by atoms with van der Waals surface area (Å²) in [6.07, 6.45) is 6.84. The van der Waals surface area contributed by atoms with Gasteiger partial charge in [0.2, 0.25) is 5.91 Å². The monoisotopic (exact) mass is 589 g/mol. The summed E-state index contributed by atoms with van der Waals surface area (Å²) < 4.78 is 4.72. The highest BCUT2D eigenvalue weighted by atomic mass is 35.5. The summed E-state index contributed by atoms with van der Waals surface area (Å²) in [7, 11) is 1.29. The van der Waals surface area contributed by atoms with Crippen LogP contribution in [0.3, 0.4) is 0 Å². The summed E-state index contributed by atoms with van der Waals surface area (Å²) in [5, 5.41) is 6.10. The second-order valence-electron chi connectivity index (χ2n) is 10.6. The molecule has 2 aliphatic rings. The van der Waals surface area contributed by atoms with Crippen LogP contribution in [0.1, 0.15) is 74.5 Å². The summed E-state index contributed by atoms with van der Waals surface area (Å²) in [5.41, 5.74) is 3.44. The molecule has 1 aromatic carbocycles. The van der Waals surface area contributed by atoms with Crippen LogP contribution in [-0.4, -0.2) is 63.1 Å². The molecule has 11 heteroatoms. The molecule has 2 aliphatic heterocycles. The molecule has 5 rings (SSSR count). The number of carbonyl (C=O) groups excluding carboxylic acids is 2. The molecular weight excluding hydrogens is 554 g/mol. The third-order valence-electron chi connectivity index (χ3n) is 7.49. The SMILES string of the molecule is COC(=O)N[C@H](C(=O)N1CCCC1c1ncc(-c2ccc(C#CC#Cc3cnc(C4CCCN4)[nH]3)cc2)[nH]1)C(C)C.Cl. The lowest BCUT2D eigenvalue weighted by molar-refractivity contribution is -0.135. The third kappa shape index (κ3) is 7.14.